The van der Waals surface area contributed by atoms with Crippen LogP contribution in [0.4, 0.5) is 0 Å². The SMILES string of the molecule is Cc1ccc([S@](=O)C(=CC(C)C)[S@@](=O)c2ccc(C)cc2)cc1. The van der Waals surface area contributed by atoms with Gasteiger partial charge in [0.15, 0.2) is 0 Å². The third-order valence-corrected chi connectivity index (χ3v) is 6.62. The Morgan fingerprint density at radius 1 is 0.783 bits per heavy atom. The van der Waals surface area contributed by atoms with E-state index in [0.717, 1.165) is 11.1 Å². The summed E-state index contributed by atoms with van der Waals surface area (Å²) in [4.78, 5) is 1.37. The first-order valence-corrected chi connectivity index (χ1v) is 9.87. The van der Waals surface area contributed by atoms with E-state index >= 15 is 0 Å². The molecule has 0 aromatic heterocycles. The molecule has 0 amide bonds. The minimum absolute atomic E-state index is 0.175. The predicted molar refractivity (Wildman–Crippen MR) is 98.1 cm³/mol. The maximum absolute atomic E-state index is 12.9. The molecule has 0 aliphatic heterocycles. The second-order valence-electron chi connectivity index (χ2n) is 5.89. The van der Waals surface area contributed by atoms with Crippen LogP contribution < -0.4 is 0 Å². The second-order valence-corrected chi connectivity index (χ2v) is 9.05. The molecule has 2 atom stereocenters. The lowest BCUT2D eigenvalue weighted by Gasteiger charge is -2.10. The molecule has 0 bridgehead atoms. The van der Waals surface area contributed by atoms with E-state index in [-0.39, 0.29) is 5.92 Å². The van der Waals surface area contributed by atoms with Gasteiger partial charge in [-0.1, -0.05) is 55.3 Å². The Labute approximate surface area is 143 Å². The van der Waals surface area contributed by atoms with Gasteiger partial charge in [-0.2, -0.15) is 0 Å². The maximum Gasteiger partial charge on any atom is 0.109 e. The molecule has 0 spiro atoms. The fraction of sp³-hybridized carbons (Fsp3) is 0.263. The Morgan fingerprint density at radius 2 is 1.13 bits per heavy atom. The molecule has 0 saturated carbocycles. The van der Waals surface area contributed by atoms with Gasteiger partial charge in [-0.3, -0.25) is 0 Å². The molecule has 2 nitrogen and oxygen atoms in total. The lowest BCUT2D eigenvalue weighted by molar-refractivity contribution is 0.682. The van der Waals surface area contributed by atoms with Crippen molar-refractivity contribution in [2.75, 3.05) is 0 Å². The number of rotatable bonds is 5. The Balaban J connectivity index is 2.41. The van der Waals surface area contributed by atoms with Crippen LogP contribution in [0.25, 0.3) is 0 Å². The van der Waals surface area contributed by atoms with E-state index in [1.807, 2.05) is 82.3 Å². The molecule has 0 radical (unpaired) electrons. The van der Waals surface area contributed by atoms with Crippen molar-refractivity contribution in [3.05, 3.63) is 70.0 Å². The van der Waals surface area contributed by atoms with Crippen LogP contribution in [0, 0.1) is 19.8 Å². The molecular formula is C19H22O2S2. The summed E-state index contributed by atoms with van der Waals surface area (Å²) in [5.74, 6) is 0.175. The van der Waals surface area contributed by atoms with Gasteiger partial charge in [0.2, 0.25) is 0 Å². The zero-order valence-electron chi connectivity index (χ0n) is 13.9. The molecule has 0 saturated heterocycles. The zero-order valence-corrected chi connectivity index (χ0v) is 15.5. The third-order valence-electron chi connectivity index (χ3n) is 3.30. The van der Waals surface area contributed by atoms with Crippen LogP contribution in [0.3, 0.4) is 0 Å². The average Bonchev–Trinajstić information content (AvgIpc) is 2.52. The normalized spacial score (nSPS) is 13.6. The highest BCUT2D eigenvalue weighted by atomic mass is 32.2. The largest absolute Gasteiger partial charge is 0.248 e. The zero-order chi connectivity index (χ0) is 17.0. The van der Waals surface area contributed by atoms with Gasteiger partial charge in [-0.15, -0.1) is 0 Å². The van der Waals surface area contributed by atoms with Crippen molar-refractivity contribution in [1.29, 1.82) is 0 Å². The topological polar surface area (TPSA) is 34.1 Å². The molecule has 0 heterocycles. The van der Waals surface area contributed by atoms with Crippen LogP contribution in [0.1, 0.15) is 25.0 Å². The van der Waals surface area contributed by atoms with E-state index < -0.39 is 21.6 Å². The first kappa shape index (κ1) is 17.8. The summed E-state index contributed by atoms with van der Waals surface area (Å²) >= 11 is 0. The molecule has 2 rings (SSSR count). The summed E-state index contributed by atoms with van der Waals surface area (Å²) in [6.07, 6.45) is 1.85. The smallest absolute Gasteiger partial charge is 0.109 e. The van der Waals surface area contributed by atoms with Gasteiger partial charge in [-0.25, -0.2) is 8.42 Å². The Bertz CT molecular complexity index is 682. The molecule has 4 heteroatoms. The van der Waals surface area contributed by atoms with Crippen molar-refractivity contribution in [3.63, 3.8) is 0 Å². The molecule has 122 valence electrons. The van der Waals surface area contributed by atoms with E-state index in [1.165, 1.54) is 0 Å². The standard InChI is InChI=1S/C19H22O2S2/c1-14(2)13-19(22(20)17-9-5-15(3)6-10-17)23(21)18-11-7-16(4)8-12-18/h5-14H,1-4H3/t22-,23-/m0/s1. The van der Waals surface area contributed by atoms with E-state index in [9.17, 15) is 8.42 Å². The third kappa shape index (κ3) is 4.72. The molecule has 0 aliphatic carbocycles. The van der Waals surface area contributed by atoms with Crippen molar-refractivity contribution < 1.29 is 8.42 Å². The Kier molecular flexibility index (Phi) is 6.08. The Morgan fingerprint density at radius 3 is 1.43 bits per heavy atom. The second kappa shape index (κ2) is 7.84. The maximum atomic E-state index is 12.9. The van der Waals surface area contributed by atoms with Crippen LogP contribution in [-0.4, -0.2) is 8.42 Å². The fourth-order valence-corrected chi connectivity index (χ4v) is 5.17. The van der Waals surface area contributed by atoms with Gasteiger partial charge in [0.05, 0.1) is 21.6 Å². The summed E-state index contributed by atoms with van der Waals surface area (Å²) in [5.41, 5.74) is 2.22. The van der Waals surface area contributed by atoms with Crippen LogP contribution >= 0.6 is 0 Å². The summed E-state index contributed by atoms with van der Waals surface area (Å²) in [6, 6.07) is 15.1. The van der Waals surface area contributed by atoms with E-state index in [2.05, 4.69) is 0 Å². The molecule has 0 unspecified atom stereocenters. The van der Waals surface area contributed by atoms with Crippen molar-refractivity contribution in [1.82, 2.24) is 0 Å². The predicted octanol–water partition coefficient (Wildman–Crippen LogP) is 4.72. The van der Waals surface area contributed by atoms with Crippen LogP contribution in [0.5, 0.6) is 0 Å². The molecular weight excluding hydrogens is 324 g/mol. The van der Waals surface area contributed by atoms with Gasteiger partial charge < -0.3 is 0 Å². The van der Waals surface area contributed by atoms with Gasteiger partial charge in [0.1, 0.15) is 4.24 Å². The van der Waals surface area contributed by atoms with E-state index in [0.29, 0.717) is 14.0 Å². The lowest BCUT2D eigenvalue weighted by Crippen LogP contribution is -2.05. The van der Waals surface area contributed by atoms with E-state index in [1.54, 1.807) is 0 Å². The fourth-order valence-electron chi connectivity index (χ4n) is 2.02. The average molecular weight is 347 g/mol. The number of benzene rings is 2. The minimum Gasteiger partial charge on any atom is -0.248 e. The monoisotopic (exact) mass is 346 g/mol. The first-order chi connectivity index (χ1) is 10.9. The van der Waals surface area contributed by atoms with Gasteiger partial charge in [-0.05, 0) is 44.0 Å². The number of aryl methyl sites for hydroxylation is 2. The minimum atomic E-state index is -1.43. The van der Waals surface area contributed by atoms with E-state index in [4.69, 9.17) is 0 Å². The highest BCUT2D eigenvalue weighted by molar-refractivity contribution is 8.08. The van der Waals surface area contributed by atoms with Crippen LogP contribution in [0.15, 0.2) is 68.6 Å². The van der Waals surface area contributed by atoms with Crippen molar-refractivity contribution in [2.45, 2.75) is 37.5 Å². The number of allylic oxidation sites excluding steroid dienone is 1. The molecule has 0 aliphatic rings. The van der Waals surface area contributed by atoms with Crippen molar-refractivity contribution in [3.8, 4) is 0 Å². The van der Waals surface area contributed by atoms with Crippen LogP contribution in [0.2, 0.25) is 0 Å². The van der Waals surface area contributed by atoms with Gasteiger partial charge >= 0.3 is 0 Å². The van der Waals surface area contributed by atoms with Crippen LogP contribution in [-0.2, 0) is 21.6 Å². The molecule has 2 aromatic rings. The number of hydrogen-bond acceptors (Lipinski definition) is 2. The summed E-state index contributed by atoms with van der Waals surface area (Å²) < 4.78 is 26.3. The molecule has 23 heavy (non-hydrogen) atoms. The lowest BCUT2D eigenvalue weighted by atomic mass is 10.2. The highest BCUT2D eigenvalue weighted by Gasteiger charge is 2.19. The van der Waals surface area contributed by atoms with Gasteiger partial charge in [0, 0.05) is 9.79 Å². The van der Waals surface area contributed by atoms with Crippen molar-refractivity contribution in [2.24, 2.45) is 5.92 Å². The summed E-state index contributed by atoms with van der Waals surface area (Å²) in [5, 5.41) is 0. The van der Waals surface area contributed by atoms with Crippen molar-refractivity contribution >= 4 is 21.6 Å². The molecule has 0 fully saturated rings. The first-order valence-electron chi connectivity index (χ1n) is 7.57. The Hall–Kier alpha value is -1.52. The summed E-state index contributed by atoms with van der Waals surface area (Å²) in [6.45, 7) is 7.97. The molecule has 2 aromatic carbocycles. The van der Waals surface area contributed by atoms with Gasteiger partial charge in [0.25, 0.3) is 0 Å². The summed E-state index contributed by atoms with van der Waals surface area (Å²) in [7, 11) is -2.85. The number of hydrogen-bond donors (Lipinski definition) is 0. The quantitative estimate of drug-likeness (QED) is 0.785. The molecule has 0 N–H and O–H groups in total. The highest BCUT2D eigenvalue weighted by Crippen LogP contribution is 2.24.